The maximum atomic E-state index is 5.98. The van der Waals surface area contributed by atoms with Crippen LogP contribution in [0.5, 0.6) is 0 Å². The first-order valence-electron chi connectivity index (χ1n) is 7.09. The van der Waals surface area contributed by atoms with Gasteiger partial charge in [0.05, 0.1) is 6.61 Å². The summed E-state index contributed by atoms with van der Waals surface area (Å²) in [6, 6.07) is 0. The predicted octanol–water partition coefficient (Wildman–Crippen LogP) is 1.84. The van der Waals surface area contributed by atoms with Gasteiger partial charge in [0, 0.05) is 40.5 Å². The molecule has 1 heterocycles. The van der Waals surface area contributed by atoms with Gasteiger partial charge < -0.3 is 19.7 Å². The molecular weight excluding hydrogens is 294 g/mol. The van der Waals surface area contributed by atoms with Crippen molar-refractivity contribution in [3.63, 3.8) is 0 Å². The molecule has 1 N–H and O–H groups in total. The van der Waals surface area contributed by atoms with E-state index in [0.717, 1.165) is 25.9 Å². The monoisotopic (exact) mass is 317 g/mol. The Hall–Kier alpha value is -1.18. The zero-order valence-electron chi connectivity index (χ0n) is 12.9. The van der Waals surface area contributed by atoms with Gasteiger partial charge in [0.25, 0.3) is 0 Å². The fraction of sp³-hybridized carbons (Fsp3) is 0.769. The molecule has 1 aromatic heterocycles. The third-order valence-corrected chi connectivity index (χ3v) is 2.92. The third kappa shape index (κ3) is 6.88. The zero-order chi connectivity index (χ0) is 15.5. The number of hydrogen-bond donors (Lipinski definition) is 1. The first-order valence-corrected chi connectivity index (χ1v) is 7.47. The summed E-state index contributed by atoms with van der Waals surface area (Å²) >= 11 is 5.98. The van der Waals surface area contributed by atoms with Crippen LogP contribution in [0.15, 0.2) is 0 Å². The van der Waals surface area contributed by atoms with Gasteiger partial charge >= 0.3 is 0 Å². The van der Waals surface area contributed by atoms with Crippen molar-refractivity contribution in [1.82, 2.24) is 15.0 Å². The third-order valence-electron chi connectivity index (χ3n) is 2.75. The molecule has 0 spiro atoms. The molecule has 1 rings (SSSR count). The number of rotatable bonds is 11. The van der Waals surface area contributed by atoms with E-state index in [1.165, 1.54) is 0 Å². The minimum atomic E-state index is 0.188. The smallest absolute Gasteiger partial charge is 0.231 e. The van der Waals surface area contributed by atoms with Gasteiger partial charge in [0.15, 0.2) is 0 Å². The summed E-state index contributed by atoms with van der Waals surface area (Å²) in [6.45, 7) is 5.60. The van der Waals surface area contributed by atoms with Gasteiger partial charge in [-0.1, -0.05) is 6.92 Å². The van der Waals surface area contributed by atoms with Gasteiger partial charge in [-0.3, -0.25) is 0 Å². The number of ether oxygens (including phenoxy) is 2. The molecule has 8 heteroatoms. The molecule has 0 bridgehead atoms. The van der Waals surface area contributed by atoms with Gasteiger partial charge in [-0.15, -0.1) is 0 Å². The molecule has 0 aliphatic rings. The molecular formula is C13H24ClN5O2. The lowest BCUT2D eigenvalue weighted by Gasteiger charge is -2.22. The average Bonchev–Trinajstić information content (AvgIpc) is 2.48. The second-order valence-corrected chi connectivity index (χ2v) is 4.82. The van der Waals surface area contributed by atoms with Gasteiger partial charge in [-0.2, -0.15) is 15.0 Å². The van der Waals surface area contributed by atoms with Crippen LogP contribution in [0.2, 0.25) is 5.28 Å². The normalized spacial score (nSPS) is 10.7. The Morgan fingerprint density at radius 1 is 1.10 bits per heavy atom. The molecule has 1 aromatic rings. The lowest BCUT2D eigenvalue weighted by molar-refractivity contribution is 0.190. The van der Waals surface area contributed by atoms with Crippen molar-refractivity contribution in [2.45, 2.75) is 19.8 Å². The Morgan fingerprint density at radius 2 is 1.86 bits per heavy atom. The molecule has 7 nitrogen and oxygen atoms in total. The Labute approximate surface area is 131 Å². The van der Waals surface area contributed by atoms with Crippen LogP contribution in [0.1, 0.15) is 19.8 Å². The van der Waals surface area contributed by atoms with E-state index in [4.69, 9.17) is 21.1 Å². The number of nitrogens with one attached hydrogen (secondary N) is 1. The highest BCUT2D eigenvalue weighted by Gasteiger charge is 2.12. The number of aromatic nitrogens is 3. The minimum absolute atomic E-state index is 0.188. The largest absolute Gasteiger partial charge is 0.385 e. The minimum Gasteiger partial charge on any atom is -0.385 e. The summed E-state index contributed by atoms with van der Waals surface area (Å²) < 4.78 is 10.2. The Morgan fingerprint density at radius 3 is 2.52 bits per heavy atom. The quantitative estimate of drug-likeness (QED) is 0.624. The van der Waals surface area contributed by atoms with Crippen LogP contribution < -0.4 is 10.2 Å². The maximum Gasteiger partial charge on any atom is 0.231 e. The molecule has 0 radical (unpaired) electrons. The standard InChI is InChI=1S/C13H24ClN5O2/c1-4-6-15-12-16-11(14)17-13(18-12)19(8-10-21-3)7-5-9-20-2/h4-10H2,1-3H3,(H,15,16,17,18). The Bertz CT molecular complexity index is 408. The van der Waals surface area contributed by atoms with Crippen LogP contribution in [-0.2, 0) is 9.47 Å². The van der Waals surface area contributed by atoms with Gasteiger partial charge in [0.2, 0.25) is 17.2 Å². The van der Waals surface area contributed by atoms with E-state index in [-0.39, 0.29) is 5.28 Å². The molecule has 0 aliphatic heterocycles. The van der Waals surface area contributed by atoms with Crippen molar-refractivity contribution in [3.8, 4) is 0 Å². The van der Waals surface area contributed by atoms with E-state index < -0.39 is 0 Å². The Balaban J connectivity index is 2.80. The number of methoxy groups -OCH3 is 2. The SMILES string of the molecule is CCCNc1nc(Cl)nc(N(CCCOC)CCOC)n1. The molecule has 21 heavy (non-hydrogen) atoms. The average molecular weight is 318 g/mol. The summed E-state index contributed by atoms with van der Waals surface area (Å²) in [5.41, 5.74) is 0. The Kier molecular flexibility index (Phi) is 8.96. The molecule has 0 saturated heterocycles. The van der Waals surface area contributed by atoms with E-state index in [1.54, 1.807) is 14.2 Å². The molecule has 0 aromatic carbocycles. The van der Waals surface area contributed by atoms with Crippen molar-refractivity contribution in [3.05, 3.63) is 5.28 Å². The number of hydrogen-bond acceptors (Lipinski definition) is 7. The van der Waals surface area contributed by atoms with E-state index >= 15 is 0 Å². The summed E-state index contributed by atoms with van der Waals surface area (Å²) in [6.07, 6.45) is 1.86. The summed E-state index contributed by atoms with van der Waals surface area (Å²) in [4.78, 5) is 14.7. The molecule has 120 valence electrons. The summed E-state index contributed by atoms with van der Waals surface area (Å²) in [5, 5.41) is 3.31. The second kappa shape index (κ2) is 10.5. The highest BCUT2D eigenvalue weighted by Crippen LogP contribution is 2.14. The lowest BCUT2D eigenvalue weighted by atomic mass is 10.4. The molecule has 0 aliphatic carbocycles. The van der Waals surface area contributed by atoms with E-state index in [2.05, 4.69) is 27.2 Å². The highest BCUT2D eigenvalue weighted by atomic mass is 35.5. The van der Waals surface area contributed by atoms with Crippen LogP contribution in [0, 0.1) is 0 Å². The fourth-order valence-corrected chi connectivity index (χ4v) is 1.87. The van der Waals surface area contributed by atoms with Gasteiger partial charge in [-0.05, 0) is 24.4 Å². The first-order chi connectivity index (χ1) is 10.2. The van der Waals surface area contributed by atoms with E-state index in [0.29, 0.717) is 31.7 Å². The van der Waals surface area contributed by atoms with Crippen molar-refractivity contribution in [2.24, 2.45) is 0 Å². The number of nitrogens with zero attached hydrogens (tertiary/aromatic N) is 4. The van der Waals surface area contributed by atoms with Crippen LogP contribution >= 0.6 is 11.6 Å². The van der Waals surface area contributed by atoms with Crippen LogP contribution in [0.25, 0.3) is 0 Å². The lowest BCUT2D eigenvalue weighted by Crippen LogP contribution is -2.31. The van der Waals surface area contributed by atoms with E-state index in [9.17, 15) is 0 Å². The van der Waals surface area contributed by atoms with Gasteiger partial charge in [0.1, 0.15) is 0 Å². The zero-order valence-corrected chi connectivity index (χ0v) is 13.7. The molecule has 0 saturated carbocycles. The van der Waals surface area contributed by atoms with Crippen LogP contribution in [0.4, 0.5) is 11.9 Å². The summed E-state index contributed by atoms with van der Waals surface area (Å²) in [7, 11) is 3.36. The van der Waals surface area contributed by atoms with Crippen molar-refractivity contribution < 1.29 is 9.47 Å². The first kappa shape index (κ1) is 17.9. The summed E-state index contributed by atoms with van der Waals surface area (Å²) in [5.74, 6) is 1.06. The van der Waals surface area contributed by atoms with Crippen LogP contribution in [-0.4, -0.2) is 62.0 Å². The molecule has 0 fully saturated rings. The molecule has 0 atom stereocenters. The van der Waals surface area contributed by atoms with Crippen molar-refractivity contribution >= 4 is 23.5 Å². The second-order valence-electron chi connectivity index (χ2n) is 4.48. The highest BCUT2D eigenvalue weighted by molar-refractivity contribution is 6.28. The number of anilines is 2. The molecule has 0 amide bonds. The number of halogens is 1. The van der Waals surface area contributed by atoms with E-state index in [1.807, 2.05) is 4.90 Å². The topological polar surface area (TPSA) is 72.4 Å². The fourth-order valence-electron chi connectivity index (χ4n) is 1.71. The predicted molar refractivity (Wildman–Crippen MR) is 84.2 cm³/mol. The van der Waals surface area contributed by atoms with Crippen LogP contribution in [0.3, 0.4) is 0 Å². The molecule has 0 unspecified atom stereocenters. The van der Waals surface area contributed by atoms with Gasteiger partial charge in [-0.25, -0.2) is 0 Å². The van der Waals surface area contributed by atoms with Crippen molar-refractivity contribution in [1.29, 1.82) is 0 Å². The maximum absolute atomic E-state index is 5.98. The van der Waals surface area contributed by atoms with Crippen molar-refractivity contribution in [2.75, 3.05) is 57.3 Å².